The monoisotopic (exact) mass is 563 g/mol. The number of anilines is 1. The van der Waals surface area contributed by atoms with E-state index in [1.807, 2.05) is 13.0 Å². The molecule has 1 aromatic carbocycles. The third-order valence-electron chi connectivity index (χ3n) is 5.19. The molecule has 1 amide bonds. The molecule has 3 heterocycles. The Kier molecular flexibility index (Phi) is 6.49. The molecule has 0 fully saturated rings. The van der Waals surface area contributed by atoms with Crippen LogP contribution in [0, 0.1) is 3.57 Å². The van der Waals surface area contributed by atoms with Gasteiger partial charge >= 0.3 is 0 Å². The molecule has 4 rings (SSSR count). The van der Waals surface area contributed by atoms with Gasteiger partial charge in [-0.2, -0.15) is 5.10 Å². The van der Waals surface area contributed by atoms with Gasteiger partial charge in [0.2, 0.25) is 0 Å². The second-order valence-corrected chi connectivity index (χ2v) is 8.69. The maximum atomic E-state index is 13.6. The van der Waals surface area contributed by atoms with Crippen LogP contribution in [0.3, 0.4) is 0 Å². The fourth-order valence-corrected chi connectivity index (χ4v) is 3.82. The zero-order valence-electron chi connectivity index (χ0n) is 17.8. The molecule has 0 radical (unpaired) electrons. The Bertz CT molecular complexity index is 1310. The van der Waals surface area contributed by atoms with Crippen molar-refractivity contribution in [2.75, 3.05) is 5.73 Å². The van der Waals surface area contributed by atoms with Crippen molar-refractivity contribution in [2.24, 2.45) is 7.05 Å². The first-order valence-electron chi connectivity index (χ1n) is 9.98. The number of fused-ring (bicyclic) bond motifs is 1. The van der Waals surface area contributed by atoms with Gasteiger partial charge in [0.25, 0.3) is 12.3 Å². The van der Waals surface area contributed by atoms with E-state index in [1.165, 1.54) is 12.1 Å². The number of amides is 1. The van der Waals surface area contributed by atoms with E-state index in [0.717, 1.165) is 15.2 Å². The van der Waals surface area contributed by atoms with Crippen molar-refractivity contribution in [3.63, 3.8) is 0 Å². The van der Waals surface area contributed by atoms with E-state index in [4.69, 9.17) is 5.73 Å². The second-order valence-electron chi connectivity index (χ2n) is 7.53. The van der Waals surface area contributed by atoms with Crippen LogP contribution in [0.2, 0.25) is 0 Å². The highest BCUT2D eigenvalue weighted by Crippen LogP contribution is 2.26. The molecular formula is C22H20F2IN7O. The summed E-state index contributed by atoms with van der Waals surface area (Å²) in [6, 6.07) is 9.37. The summed E-state index contributed by atoms with van der Waals surface area (Å²) in [6.07, 6.45) is 0.0717. The minimum absolute atomic E-state index is 0.0946. The number of carbonyl (C=O) groups is 1. The lowest BCUT2D eigenvalue weighted by atomic mass is 10.1. The van der Waals surface area contributed by atoms with Crippen molar-refractivity contribution in [3.8, 4) is 0 Å². The van der Waals surface area contributed by atoms with Gasteiger partial charge < -0.3 is 10.6 Å². The van der Waals surface area contributed by atoms with Crippen LogP contribution in [0.4, 0.5) is 14.6 Å². The minimum atomic E-state index is -2.61. The zero-order chi connectivity index (χ0) is 23.7. The minimum Gasteiger partial charge on any atom is -0.383 e. The number of aryl methyl sites for hydroxylation is 1. The summed E-state index contributed by atoms with van der Waals surface area (Å²) in [7, 11) is 1.74. The topological polar surface area (TPSA) is 103 Å². The molecule has 33 heavy (non-hydrogen) atoms. The SMILES string of the molecule is CC(c1ncn(C)n1)N(Cc1ccc(C(F)F)cn1)C(=O)c1ccc2nc(N)c(I)cc2c1. The number of aromatic nitrogens is 5. The van der Waals surface area contributed by atoms with Crippen molar-refractivity contribution in [3.05, 3.63) is 75.1 Å². The van der Waals surface area contributed by atoms with Crippen LogP contribution in [0.15, 0.2) is 48.9 Å². The number of nitrogen functional groups attached to an aromatic ring is 1. The number of nitrogens with two attached hydrogens (primary N) is 1. The Morgan fingerprint density at radius 2 is 2.00 bits per heavy atom. The lowest BCUT2D eigenvalue weighted by Crippen LogP contribution is -2.34. The maximum Gasteiger partial charge on any atom is 0.265 e. The fourth-order valence-electron chi connectivity index (χ4n) is 3.37. The van der Waals surface area contributed by atoms with Crippen molar-refractivity contribution in [2.45, 2.75) is 25.9 Å². The number of alkyl halides is 2. The van der Waals surface area contributed by atoms with E-state index in [9.17, 15) is 13.6 Å². The van der Waals surface area contributed by atoms with Crippen LogP contribution < -0.4 is 5.73 Å². The molecule has 1 unspecified atom stereocenters. The van der Waals surface area contributed by atoms with Crippen LogP contribution in [0.25, 0.3) is 10.9 Å². The molecule has 170 valence electrons. The van der Waals surface area contributed by atoms with Crippen LogP contribution >= 0.6 is 22.6 Å². The predicted molar refractivity (Wildman–Crippen MR) is 127 cm³/mol. The van der Waals surface area contributed by atoms with Gasteiger partial charge in [0.1, 0.15) is 12.1 Å². The molecule has 0 bridgehead atoms. The van der Waals surface area contributed by atoms with Gasteiger partial charge in [-0.1, -0.05) is 0 Å². The van der Waals surface area contributed by atoms with Gasteiger partial charge in [-0.15, -0.1) is 0 Å². The van der Waals surface area contributed by atoms with E-state index in [-0.39, 0.29) is 18.0 Å². The van der Waals surface area contributed by atoms with E-state index in [1.54, 1.807) is 41.2 Å². The van der Waals surface area contributed by atoms with E-state index >= 15 is 0 Å². The van der Waals surface area contributed by atoms with Crippen LogP contribution in [0.1, 0.15) is 46.8 Å². The van der Waals surface area contributed by atoms with Gasteiger partial charge in [-0.05, 0) is 65.9 Å². The normalized spacial score (nSPS) is 12.3. The maximum absolute atomic E-state index is 13.6. The van der Waals surface area contributed by atoms with Crippen LogP contribution in [0.5, 0.6) is 0 Å². The summed E-state index contributed by atoms with van der Waals surface area (Å²) in [6.45, 7) is 1.91. The van der Waals surface area contributed by atoms with Gasteiger partial charge in [-0.3, -0.25) is 14.5 Å². The molecule has 0 saturated heterocycles. The molecular weight excluding hydrogens is 543 g/mol. The molecule has 8 nitrogen and oxygen atoms in total. The first kappa shape index (κ1) is 23.0. The number of hydrogen-bond donors (Lipinski definition) is 1. The lowest BCUT2D eigenvalue weighted by molar-refractivity contribution is 0.0663. The average Bonchev–Trinajstić information content (AvgIpc) is 3.23. The first-order valence-corrected chi connectivity index (χ1v) is 11.1. The lowest BCUT2D eigenvalue weighted by Gasteiger charge is -2.27. The molecule has 0 saturated carbocycles. The summed E-state index contributed by atoms with van der Waals surface area (Å²) in [4.78, 5) is 27.9. The third-order valence-corrected chi connectivity index (χ3v) is 6.06. The van der Waals surface area contributed by atoms with Crippen molar-refractivity contribution >= 4 is 45.2 Å². The van der Waals surface area contributed by atoms with Crippen molar-refractivity contribution < 1.29 is 13.6 Å². The Hall–Kier alpha value is -3.22. The summed E-state index contributed by atoms with van der Waals surface area (Å²) in [5.74, 6) is 0.611. The van der Waals surface area contributed by atoms with Crippen LogP contribution in [-0.2, 0) is 13.6 Å². The summed E-state index contributed by atoms with van der Waals surface area (Å²) in [5.41, 5.74) is 7.31. The predicted octanol–water partition coefficient (Wildman–Crippen LogP) is 4.29. The summed E-state index contributed by atoms with van der Waals surface area (Å²) in [5, 5.41) is 5.10. The van der Waals surface area contributed by atoms with Crippen molar-refractivity contribution in [1.29, 1.82) is 0 Å². The molecule has 0 aliphatic carbocycles. The van der Waals surface area contributed by atoms with Crippen molar-refractivity contribution in [1.82, 2.24) is 29.6 Å². The average molecular weight is 563 g/mol. The molecule has 0 spiro atoms. The standard InChI is InChI=1S/C22H20F2IN7O/c1-12(21-28-11-31(2)30-21)32(10-16-5-3-14(9-27-16)19(23)24)22(33)13-4-6-18-15(7-13)8-17(25)20(26)29-18/h3-9,11-12,19H,10H2,1-2H3,(H2,26,29). The molecule has 3 aromatic heterocycles. The van der Waals surface area contributed by atoms with Crippen LogP contribution in [-0.4, -0.2) is 35.5 Å². The van der Waals surface area contributed by atoms with E-state index < -0.39 is 12.5 Å². The Balaban J connectivity index is 1.70. The van der Waals surface area contributed by atoms with Gasteiger partial charge in [0.05, 0.1) is 27.4 Å². The van der Waals surface area contributed by atoms with Gasteiger partial charge in [0.15, 0.2) is 5.82 Å². The Morgan fingerprint density at radius 1 is 1.21 bits per heavy atom. The number of hydrogen-bond acceptors (Lipinski definition) is 6. The number of benzene rings is 1. The number of carbonyl (C=O) groups excluding carboxylic acids is 1. The first-order chi connectivity index (χ1) is 15.7. The molecule has 11 heteroatoms. The molecule has 4 aromatic rings. The third kappa shape index (κ3) is 4.92. The summed E-state index contributed by atoms with van der Waals surface area (Å²) < 4.78 is 28.2. The number of pyridine rings is 2. The molecule has 2 N–H and O–H groups in total. The number of rotatable bonds is 6. The second kappa shape index (κ2) is 9.33. The number of nitrogens with zero attached hydrogens (tertiary/aromatic N) is 6. The largest absolute Gasteiger partial charge is 0.383 e. The zero-order valence-corrected chi connectivity index (χ0v) is 19.9. The van der Waals surface area contributed by atoms with E-state index in [0.29, 0.717) is 28.4 Å². The Morgan fingerprint density at radius 3 is 2.64 bits per heavy atom. The quantitative estimate of drug-likeness (QED) is 0.352. The smallest absolute Gasteiger partial charge is 0.265 e. The molecule has 1 atom stereocenters. The molecule has 0 aliphatic heterocycles. The van der Waals surface area contributed by atoms with Gasteiger partial charge in [0, 0.05) is 29.8 Å². The highest BCUT2D eigenvalue weighted by atomic mass is 127. The van der Waals surface area contributed by atoms with Gasteiger partial charge in [-0.25, -0.2) is 18.7 Å². The number of halogens is 3. The fraction of sp³-hybridized carbons (Fsp3) is 0.227. The highest BCUT2D eigenvalue weighted by Gasteiger charge is 2.26. The summed E-state index contributed by atoms with van der Waals surface area (Å²) >= 11 is 2.09. The highest BCUT2D eigenvalue weighted by molar-refractivity contribution is 14.1. The molecule has 0 aliphatic rings. The Labute approximate surface area is 202 Å². The van der Waals surface area contributed by atoms with E-state index in [2.05, 4.69) is 42.6 Å².